The van der Waals surface area contributed by atoms with E-state index in [9.17, 15) is 14.4 Å². The summed E-state index contributed by atoms with van der Waals surface area (Å²) in [6.45, 7) is 0.122. The highest BCUT2D eigenvalue weighted by atomic mass is 16.4. The molecule has 0 heterocycles. The predicted octanol–water partition coefficient (Wildman–Crippen LogP) is 0.285. The summed E-state index contributed by atoms with van der Waals surface area (Å²) in [5, 5.41) is 30.4. The van der Waals surface area contributed by atoms with Crippen LogP contribution in [0.15, 0.2) is 24.3 Å². The molecule has 0 bridgehead atoms. The zero-order valence-electron chi connectivity index (χ0n) is 10.9. The molecule has 1 aromatic rings. The highest BCUT2D eigenvalue weighted by molar-refractivity contribution is 5.86. The number of nitrogens with zero attached hydrogens (tertiary/aromatic N) is 1. The van der Waals surface area contributed by atoms with Crippen LogP contribution in [0.5, 0.6) is 0 Å². The molecule has 0 spiro atoms. The van der Waals surface area contributed by atoms with Gasteiger partial charge < -0.3 is 20.8 Å². The predicted molar refractivity (Wildman–Crippen MR) is 70.2 cm³/mol. The molecule has 0 unspecified atom stereocenters. The molecule has 0 aliphatic heterocycles. The number of aliphatic carboxylic acids is 2. The number of hydrogen-bond acceptors (Lipinski definition) is 4. The van der Waals surface area contributed by atoms with Crippen molar-refractivity contribution in [2.45, 2.75) is 19.0 Å². The minimum Gasteiger partial charge on any atom is -0.481 e. The van der Waals surface area contributed by atoms with E-state index in [1.165, 1.54) is 0 Å². The average molecular weight is 291 g/mol. The second-order valence-electron chi connectivity index (χ2n) is 4.12. The number of rotatable bonds is 6. The molecule has 1 rings (SSSR count). The average Bonchev–Trinajstić information content (AvgIpc) is 2.44. The Bertz CT molecular complexity index is 576. The molecule has 110 valence electrons. The number of amides is 2. The molecule has 21 heavy (non-hydrogen) atoms. The van der Waals surface area contributed by atoms with Crippen molar-refractivity contribution in [2.24, 2.45) is 0 Å². The maximum atomic E-state index is 11.5. The molecule has 0 radical (unpaired) electrons. The number of carbonyl (C=O) groups excluding carboxylic acids is 1. The summed E-state index contributed by atoms with van der Waals surface area (Å²) in [5.41, 5.74) is 1.20. The van der Waals surface area contributed by atoms with E-state index < -0.39 is 30.4 Å². The highest BCUT2D eigenvalue weighted by Gasteiger charge is 2.22. The van der Waals surface area contributed by atoms with E-state index in [2.05, 4.69) is 10.6 Å². The molecule has 8 heteroatoms. The van der Waals surface area contributed by atoms with Gasteiger partial charge in [0.2, 0.25) is 0 Å². The second-order valence-corrected chi connectivity index (χ2v) is 4.12. The minimum absolute atomic E-state index is 0.122. The van der Waals surface area contributed by atoms with E-state index in [-0.39, 0.29) is 6.54 Å². The van der Waals surface area contributed by atoms with Crippen molar-refractivity contribution in [1.82, 2.24) is 10.6 Å². The zero-order chi connectivity index (χ0) is 15.8. The Labute approximate surface area is 120 Å². The molecule has 0 saturated carbocycles. The summed E-state index contributed by atoms with van der Waals surface area (Å²) in [5.74, 6) is -2.75. The topological polar surface area (TPSA) is 140 Å². The molecule has 8 nitrogen and oxygen atoms in total. The zero-order valence-corrected chi connectivity index (χ0v) is 10.9. The first kappa shape index (κ1) is 16.0. The number of carboxylic acid groups (broad SMARTS) is 2. The molecule has 0 fully saturated rings. The molecule has 1 atom stereocenters. The fourth-order valence-electron chi connectivity index (χ4n) is 1.46. The van der Waals surface area contributed by atoms with E-state index >= 15 is 0 Å². The first-order valence-electron chi connectivity index (χ1n) is 5.90. The fourth-order valence-corrected chi connectivity index (χ4v) is 1.46. The van der Waals surface area contributed by atoms with Crippen molar-refractivity contribution >= 4 is 18.0 Å². The summed E-state index contributed by atoms with van der Waals surface area (Å²) in [7, 11) is 0. The number of carbonyl (C=O) groups is 3. The van der Waals surface area contributed by atoms with Gasteiger partial charge >= 0.3 is 18.0 Å². The smallest absolute Gasteiger partial charge is 0.326 e. The number of hydrogen-bond donors (Lipinski definition) is 4. The van der Waals surface area contributed by atoms with Crippen LogP contribution in [0.25, 0.3) is 0 Å². The largest absolute Gasteiger partial charge is 0.481 e. The van der Waals surface area contributed by atoms with Gasteiger partial charge in [-0.15, -0.1) is 0 Å². The van der Waals surface area contributed by atoms with Gasteiger partial charge in [-0.25, -0.2) is 9.59 Å². The highest BCUT2D eigenvalue weighted by Crippen LogP contribution is 2.02. The van der Waals surface area contributed by atoms with Crippen LogP contribution in [0.4, 0.5) is 4.79 Å². The third-order valence-electron chi connectivity index (χ3n) is 2.52. The number of urea groups is 1. The molecule has 0 aliphatic rings. The van der Waals surface area contributed by atoms with E-state index in [1.54, 1.807) is 24.3 Å². The van der Waals surface area contributed by atoms with Crippen LogP contribution >= 0.6 is 0 Å². The van der Waals surface area contributed by atoms with Crippen molar-refractivity contribution in [1.29, 1.82) is 5.26 Å². The lowest BCUT2D eigenvalue weighted by Crippen LogP contribution is -2.46. The Kier molecular flexibility index (Phi) is 5.70. The van der Waals surface area contributed by atoms with Gasteiger partial charge in [0.05, 0.1) is 18.1 Å². The van der Waals surface area contributed by atoms with E-state index in [0.717, 1.165) is 0 Å². The van der Waals surface area contributed by atoms with Gasteiger partial charge in [-0.1, -0.05) is 12.1 Å². The lowest BCUT2D eigenvalue weighted by Gasteiger charge is -2.13. The molecular formula is C13H13N3O5. The maximum Gasteiger partial charge on any atom is 0.326 e. The third kappa shape index (κ3) is 5.61. The van der Waals surface area contributed by atoms with Gasteiger partial charge in [-0.05, 0) is 17.7 Å². The van der Waals surface area contributed by atoms with E-state index in [1.807, 2.05) is 6.07 Å². The lowest BCUT2D eigenvalue weighted by molar-refractivity contribution is -0.145. The fraction of sp³-hybridized carbons (Fsp3) is 0.231. The van der Waals surface area contributed by atoms with Gasteiger partial charge in [0.1, 0.15) is 6.04 Å². The third-order valence-corrected chi connectivity index (χ3v) is 2.52. The van der Waals surface area contributed by atoms with Gasteiger partial charge in [0, 0.05) is 6.54 Å². The summed E-state index contributed by atoms with van der Waals surface area (Å²) >= 11 is 0. The van der Waals surface area contributed by atoms with Crippen molar-refractivity contribution in [2.75, 3.05) is 0 Å². The number of carboxylic acids is 2. The van der Waals surface area contributed by atoms with Crippen molar-refractivity contribution < 1.29 is 24.6 Å². The standard InChI is InChI=1S/C13H13N3O5/c14-6-8-1-3-9(4-2-8)7-15-13(21)16-10(12(19)20)5-11(17)18/h1-4,10H,5,7H2,(H,17,18)(H,19,20)(H2,15,16,21)/t10-/m0/s1. The molecule has 4 N–H and O–H groups in total. The number of nitriles is 1. The van der Waals surface area contributed by atoms with Crippen LogP contribution in [0, 0.1) is 11.3 Å². The summed E-state index contributed by atoms with van der Waals surface area (Å²) in [4.78, 5) is 32.8. The molecule has 0 aromatic heterocycles. The van der Waals surface area contributed by atoms with Crippen LogP contribution in [0.1, 0.15) is 17.5 Å². The Balaban J connectivity index is 2.50. The molecule has 1 aromatic carbocycles. The Hall–Kier alpha value is -3.08. The number of benzene rings is 1. The van der Waals surface area contributed by atoms with Crippen molar-refractivity contribution in [3.8, 4) is 6.07 Å². The Morgan fingerprint density at radius 2 is 1.81 bits per heavy atom. The Morgan fingerprint density at radius 3 is 2.29 bits per heavy atom. The molecule has 0 aliphatic carbocycles. The summed E-state index contributed by atoms with van der Waals surface area (Å²) < 4.78 is 0. The van der Waals surface area contributed by atoms with Crippen LogP contribution in [0.3, 0.4) is 0 Å². The second kappa shape index (κ2) is 7.49. The summed E-state index contributed by atoms with van der Waals surface area (Å²) in [6.07, 6.45) is -0.709. The normalized spacial score (nSPS) is 11.0. The first-order chi connectivity index (χ1) is 9.92. The Morgan fingerprint density at radius 1 is 1.19 bits per heavy atom. The van der Waals surface area contributed by atoms with Crippen molar-refractivity contribution in [3.63, 3.8) is 0 Å². The van der Waals surface area contributed by atoms with Crippen molar-refractivity contribution in [3.05, 3.63) is 35.4 Å². The van der Waals surface area contributed by atoms with Gasteiger partial charge in [-0.3, -0.25) is 4.79 Å². The van der Waals surface area contributed by atoms with Gasteiger partial charge in [-0.2, -0.15) is 5.26 Å². The van der Waals surface area contributed by atoms with Crippen LogP contribution < -0.4 is 10.6 Å². The van der Waals surface area contributed by atoms with Gasteiger partial charge in [0.25, 0.3) is 0 Å². The van der Waals surface area contributed by atoms with Crippen LogP contribution in [-0.2, 0) is 16.1 Å². The lowest BCUT2D eigenvalue weighted by atomic mass is 10.1. The molecular weight excluding hydrogens is 278 g/mol. The number of nitrogens with one attached hydrogen (secondary N) is 2. The van der Waals surface area contributed by atoms with E-state index in [0.29, 0.717) is 11.1 Å². The monoisotopic (exact) mass is 291 g/mol. The SMILES string of the molecule is N#Cc1ccc(CNC(=O)N[C@@H](CC(=O)O)C(=O)O)cc1. The molecule has 2 amide bonds. The molecule has 0 saturated heterocycles. The van der Waals surface area contributed by atoms with E-state index in [4.69, 9.17) is 15.5 Å². The van der Waals surface area contributed by atoms with Gasteiger partial charge in [0.15, 0.2) is 0 Å². The maximum absolute atomic E-state index is 11.5. The van der Waals surface area contributed by atoms with Crippen LogP contribution in [0.2, 0.25) is 0 Å². The summed E-state index contributed by atoms with van der Waals surface area (Å²) in [6, 6.07) is 6.13. The quantitative estimate of drug-likeness (QED) is 0.593. The minimum atomic E-state index is -1.50. The first-order valence-corrected chi connectivity index (χ1v) is 5.90. The van der Waals surface area contributed by atoms with Crippen LogP contribution in [-0.4, -0.2) is 34.2 Å².